The lowest BCUT2D eigenvalue weighted by molar-refractivity contribution is -0.0331. The summed E-state index contributed by atoms with van der Waals surface area (Å²) in [6.07, 6.45) is 10.6. The molecule has 6 atom stereocenters. The quantitative estimate of drug-likeness (QED) is 0.585. The fraction of sp³-hybridized carbons (Fsp3) is 1.00. The number of hydrogen-bond acceptors (Lipinski definition) is 5. The third-order valence-electron chi connectivity index (χ3n) is 7.82. The van der Waals surface area contributed by atoms with Crippen molar-refractivity contribution in [3.05, 3.63) is 0 Å². The number of epoxide rings is 1. The standard InChI is InChI=1S/C23H42FN3O2/c1-16(2)28-23-21(29-23)12-13-27-15-25(3)22(26(27)4)18-10-11-19(20(24)14-18)17-8-6-5-7-9-17/h16-23H,5-15H2,1-4H3. The molecule has 2 heterocycles. The van der Waals surface area contributed by atoms with Crippen LogP contribution in [-0.2, 0) is 9.47 Å². The van der Waals surface area contributed by atoms with Gasteiger partial charge in [-0.15, -0.1) is 0 Å². The molecule has 2 aliphatic heterocycles. The monoisotopic (exact) mass is 411 g/mol. The Kier molecular flexibility index (Phi) is 7.17. The smallest absolute Gasteiger partial charge is 0.184 e. The third kappa shape index (κ3) is 5.15. The molecule has 0 amide bonds. The molecule has 0 aromatic rings. The zero-order valence-electron chi connectivity index (χ0n) is 18.9. The van der Waals surface area contributed by atoms with Crippen LogP contribution in [0.5, 0.6) is 0 Å². The van der Waals surface area contributed by atoms with E-state index >= 15 is 4.39 Å². The lowest BCUT2D eigenvalue weighted by Gasteiger charge is -2.42. The Morgan fingerprint density at radius 3 is 2.48 bits per heavy atom. The molecule has 0 radical (unpaired) electrons. The van der Waals surface area contributed by atoms with Crippen LogP contribution in [0.1, 0.15) is 71.6 Å². The molecule has 168 valence electrons. The van der Waals surface area contributed by atoms with Gasteiger partial charge in [0.25, 0.3) is 0 Å². The van der Waals surface area contributed by atoms with E-state index < -0.39 is 6.17 Å². The van der Waals surface area contributed by atoms with Crippen molar-refractivity contribution in [3.63, 3.8) is 0 Å². The lowest BCUT2D eigenvalue weighted by Crippen LogP contribution is -2.47. The number of hydrogen-bond donors (Lipinski definition) is 0. The third-order valence-corrected chi connectivity index (χ3v) is 7.82. The maximum absolute atomic E-state index is 15.2. The van der Waals surface area contributed by atoms with Gasteiger partial charge in [-0.25, -0.2) is 14.4 Å². The fourth-order valence-electron chi connectivity index (χ4n) is 6.32. The van der Waals surface area contributed by atoms with Crippen LogP contribution >= 0.6 is 0 Å². The summed E-state index contributed by atoms with van der Waals surface area (Å²) in [4.78, 5) is 2.41. The van der Waals surface area contributed by atoms with Gasteiger partial charge in [-0.3, -0.25) is 4.90 Å². The van der Waals surface area contributed by atoms with E-state index in [4.69, 9.17) is 9.47 Å². The Morgan fingerprint density at radius 2 is 1.79 bits per heavy atom. The average molecular weight is 412 g/mol. The Labute approximate surface area is 176 Å². The minimum absolute atomic E-state index is 0.0150. The molecule has 0 N–H and O–H groups in total. The van der Waals surface area contributed by atoms with Gasteiger partial charge in [0.2, 0.25) is 0 Å². The fourth-order valence-corrected chi connectivity index (χ4v) is 6.32. The van der Waals surface area contributed by atoms with Gasteiger partial charge in [0.05, 0.1) is 18.9 Å². The molecule has 4 aliphatic rings. The van der Waals surface area contributed by atoms with E-state index in [1.807, 2.05) is 13.8 Å². The van der Waals surface area contributed by atoms with Gasteiger partial charge in [0.1, 0.15) is 12.3 Å². The predicted octanol–water partition coefficient (Wildman–Crippen LogP) is 4.24. The van der Waals surface area contributed by atoms with E-state index in [-0.39, 0.29) is 18.5 Å². The second-order valence-corrected chi connectivity index (χ2v) is 10.3. The maximum Gasteiger partial charge on any atom is 0.184 e. The molecule has 0 aromatic heterocycles. The Hall–Kier alpha value is -0.270. The maximum atomic E-state index is 15.2. The van der Waals surface area contributed by atoms with E-state index in [9.17, 15) is 0 Å². The molecule has 0 bridgehead atoms. The van der Waals surface area contributed by atoms with E-state index in [1.165, 1.54) is 38.5 Å². The van der Waals surface area contributed by atoms with Gasteiger partial charge in [0.15, 0.2) is 6.29 Å². The Balaban J connectivity index is 1.26. The second-order valence-electron chi connectivity index (χ2n) is 10.3. The molecule has 6 heteroatoms. The summed E-state index contributed by atoms with van der Waals surface area (Å²) >= 11 is 0. The van der Waals surface area contributed by atoms with Gasteiger partial charge in [-0.1, -0.05) is 32.1 Å². The molecule has 0 aromatic carbocycles. The van der Waals surface area contributed by atoms with Crippen molar-refractivity contribution in [3.8, 4) is 0 Å². The van der Waals surface area contributed by atoms with Crippen molar-refractivity contribution >= 4 is 0 Å². The van der Waals surface area contributed by atoms with Gasteiger partial charge in [-0.05, 0) is 64.3 Å². The van der Waals surface area contributed by atoms with Crippen molar-refractivity contribution in [2.24, 2.45) is 17.8 Å². The second kappa shape index (κ2) is 9.47. The van der Waals surface area contributed by atoms with Crippen molar-refractivity contribution in [1.82, 2.24) is 14.9 Å². The average Bonchev–Trinajstić information content (AvgIpc) is 3.35. The molecule has 0 spiro atoms. The summed E-state index contributed by atoms with van der Waals surface area (Å²) < 4.78 is 26.6. The van der Waals surface area contributed by atoms with Crippen molar-refractivity contribution in [1.29, 1.82) is 0 Å². The summed E-state index contributed by atoms with van der Waals surface area (Å²) in [6.45, 7) is 5.99. The van der Waals surface area contributed by atoms with E-state index in [1.54, 1.807) is 0 Å². The first-order chi connectivity index (χ1) is 13.9. The van der Waals surface area contributed by atoms with Crippen LogP contribution in [0.15, 0.2) is 0 Å². The highest BCUT2D eigenvalue weighted by Gasteiger charge is 2.45. The summed E-state index contributed by atoms with van der Waals surface area (Å²) in [5.74, 6) is 1.40. The first-order valence-electron chi connectivity index (χ1n) is 12.1. The Bertz CT molecular complexity index is 530. The highest BCUT2D eigenvalue weighted by Crippen LogP contribution is 2.44. The zero-order valence-corrected chi connectivity index (χ0v) is 18.9. The van der Waals surface area contributed by atoms with E-state index in [2.05, 4.69) is 29.0 Å². The lowest BCUT2D eigenvalue weighted by atomic mass is 9.69. The van der Waals surface area contributed by atoms with E-state index in [0.717, 1.165) is 32.5 Å². The molecule has 29 heavy (non-hydrogen) atoms. The minimum Gasteiger partial charge on any atom is -0.347 e. The van der Waals surface area contributed by atoms with Crippen LogP contribution in [-0.4, -0.2) is 73.1 Å². The predicted molar refractivity (Wildman–Crippen MR) is 113 cm³/mol. The van der Waals surface area contributed by atoms with Crippen molar-refractivity contribution in [2.45, 2.75) is 102 Å². The number of alkyl halides is 1. The summed E-state index contributed by atoms with van der Waals surface area (Å²) in [5.41, 5.74) is 0. The zero-order chi connectivity index (χ0) is 20.5. The molecule has 2 saturated heterocycles. The van der Waals surface area contributed by atoms with Crippen molar-refractivity contribution < 1.29 is 13.9 Å². The minimum atomic E-state index is -0.610. The molecule has 4 rings (SSSR count). The first kappa shape index (κ1) is 21.9. The van der Waals surface area contributed by atoms with Crippen LogP contribution < -0.4 is 0 Å². The largest absolute Gasteiger partial charge is 0.347 e. The van der Waals surface area contributed by atoms with Crippen LogP contribution in [0.4, 0.5) is 4.39 Å². The molecule has 2 saturated carbocycles. The summed E-state index contributed by atoms with van der Waals surface area (Å²) in [5, 5.41) is 4.78. The summed E-state index contributed by atoms with van der Waals surface area (Å²) in [6, 6.07) is 0. The highest BCUT2D eigenvalue weighted by atomic mass is 19.1. The number of rotatable bonds is 7. The molecule has 6 unspecified atom stereocenters. The molecular formula is C23H42FN3O2. The number of ether oxygens (including phenoxy) is 2. The topological polar surface area (TPSA) is 31.5 Å². The molecule has 2 aliphatic carbocycles. The van der Waals surface area contributed by atoms with Crippen molar-refractivity contribution in [2.75, 3.05) is 27.3 Å². The van der Waals surface area contributed by atoms with Crippen LogP contribution in [0.25, 0.3) is 0 Å². The molecule has 4 fully saturated rings. The highest BCUT2D eigenvalue weighted by molar-refractivity contribution is 4.91. The van der Waals surface area contributed by atoms with Crippen LogP contribution in [0.3, 0.4) is 0 Å². The number of nitrogens with zero attached hydrogens (tertiary/aromatic N) is 3. The van der Waals surface area contributed by atoms with Gasteiger partial charge in [-0.2, -0.15) is 0 Å². The summed E-state index contributed by atoms with van der Waals surface area (Å²) in [7, 11) is 4.38. The van der Waals surface area contributed by atoms with Gasteiger partial charge < -0.3 is 9.47 Å². The number of halogens is 1. The molecule has 5 nitrogen and oxygen atoms in total. The van der Waals surface area contributed by atoms with Gasteiger partial charge in [0, 0.05) is 13.6 Å². The van der Waals surface area contributed by atoms with Crippen LogP contribution in [0, 0.1) is 17.8 Å². The number of hydrazine groups is 1. The van der Waals surface area contributed by atoms with E-state index in [0.29, 0.717) is 23.9 Å². The SMILES string of the molecule is CC(C)OC1OC1CCN1CN(C)C(C2CCC(C3CCCCC3)C(F)C2)N1C. The normalized spacial score (nSPS) is 40.8. The first-order valence-corrected chi connectivity index (χ1v) is 12.1. The molecular weight excluding hydrogens is 369 g/mol. The Morgan fingerprint density at radius 1 is 1.03 bits per heavy atom. The van der Waals surface area contributed by atoms with Gasteiger partial charge >= 0.3 is 0 Å². The van der Waals surface area contributed by atoms with Crippen LogP contribution in [0.2, 0.25) is 0 Å².